The van der Waals surface area contributed by atoms with E-state index in [4.69, 9.17) is 21.6 Å². The van der Waals surface area contributed by atoms with Crippen LogP contribution < -0.4 is 25.6 Å². The summed E-state index contributed by atoms with van der Waals surface area (Å²) in [4.78, 5) is 15.3. The standard InChI is InChI=1S/C30H38ClN5O2/c31-29-19-28(8-3-22(29)20-32)38-27-9-4-23(5-10-27)35-30(37)21-1-6-26(7-2-21)36-17-13-25(14-18-36)34-24-11-15-33-16-12-24/h1-3,6-8,19,23-25,27,33-34H,4-5,9-18H2,(H,35,37). The molecule has 5 rings (SSSR count). The van der Waals surface area contributed by atoms with Crippen LogP contribution in [0.5, 0.6) is 5.75 Å². The highest BCUT2D eigenvalue weighted by molar-refractivity contribution is 6.31. The maximum atomic E-state index is 12.9. The van der Waals surface area contributed by atoms with Crippen LogP contribution in [-0.4, -0.2) is 56.3 Å². The number of hydrogen-bond acceptors (Lipinski definition) is 6. The average Bonchev–Trinajstić information content (AvgIpc) is 2.95. The quantitative estimate of drug-likeness (QED) is 0.478. The number of carbonyl (C=O) groups excluding carboxylic acids is 1. The topological polar surface area (TPSA) is 89.4 Å². The SMILES string of the molecule is N#Cc1ccc(OC2CCC(NC(=O)c3ccc(N4CCC(NC5CCNCC5)CC4)cc3)CC2)cc1Cl. The summed E-state index contributed by atoms with van der Waals surface area (Å²) < 4.78 is 6.07. The molecule has 0 spiro atoms. The molecule has 0 unspecified atom stereocenters. The number of amides is 1. The van der Waals surface area contributed by atoms with Crippen molar-refractivity contribution in [2.45, 2.75) is 75.6 Å². The molecule has 0 bridgehead atoms. The number of rotatable bonds is 7. The summed E-state index contributed by atoms with van der Waals surface area (Å²) in [6.45, 7) is 4.35. The lowest BCUT2D eigenvalue weighted by atomic mass is 9.92. The molecule has 0 radical (unpaired) electrons. The van der Waals surface area contributed by atoms with Crippen molar-refractivity contribution in [3.05, 3.63) is 58.6 Å². The van der Waals surface area contributed by atoms with Crippen LogP contribution in [-0.2, 0) is 0 Å². The molecule has 202 valence electrons. The lowest BCUT2D eigenvalue weighted by Gasteiger charge is -2.36. The van der Waals surface area contributed by atoms with Crippen molar-refractivity contribution in [3.8, 4) is 11.8 Å². The molecule has 1 amide bonds. The maximum absolute atomic E-state index is 12.9. The van der Waals surface area contributed by atoms with Crippen molar-refractivity contribution < 1.29 is 9.53 Å². The van der Waals surface area contributed by atoms with Gasteiger partial charge in [-0.15, -0.1) is 0 Å². The number of piperidine rings is 2. The van der Waals surface area contributed by atoms with Gasteiger partial charge in [0.15, 0.2) is 0 Å². The second-order valence-corrected chi connectivity index (χ2v) is 11.2. The predicted octanol–water partition coefficient (Wildman–Crippen LogP) is 4.64. The van der Waals surface area contributed by atoms with Crippen molar-refractivity contribution in [3.63, 3.8) is 0 Å². The monoisotopic (exact) mass is 535 g/mol. The van der Waals surface area contributed by atoms with E-state index in [0.29, 0.717) is 34.0 Å². The molecule has 2 heterocycles. The van der Waals surface area contributed by atoms with Gasteiger partial charge in [-0.2, -0.15) is 5.26 Å². The Morgan fingerprint density at radius 2 is 1.61 bits per heavy atom. The van der Waals surface area contributed by atoms with Gasteiger partial charge < -0.3 is 25.6 Å². The summed E-state index contributed by atoms with van der Waals surface area (Å²) in [6, 6.07) is 16.7. The summed E-state index contributed by atoms with van der Waals surface area (Å²) in [6.07, 6.45) is 8.35. The van der Waals surface area contributed by atoms with E-state index in [1.807, 2.05) is 12.1 Å². The fourth-order valence-electron chi connectivity index (χ4n) is 5.90. The number of halogens is 1. The van der Waals surface area contributed by atoms with Gasteiger partial charge in [0.05, 0.1) is 16.7 Å². The molecule has 2 aliphatic heterocycles. The number of hydrogen-bond donors (Lipinski definition) is 3. The van der Waals surface area contributed by atoms with Crippen molar-refractivity contribution in [1.82, 2.24) is 16.0 Å². The molecule has 2 aromatic carbocycles. The van der Waals surface area contributed by atoms with Gasteiger partial charge >= 0.3 is 0 Å². The zero-order valence-electron chi connectivity index (χ0n) is 21.9. The van der Waals surface area contributed by atoms with E-state index >= 15 is 0 Å². The third-order valence-electron chi connectivity index (χ3n) is 8.17. The largest absolute Gasteiger partial charge is 0.490 e. The first-order valence-electron chi connectivity index (χ1n) is 14.1. The maximum Gasteiger partial charge on any atom is 0.251 e. The van der Waals surface area contributed by atoms with Crippen LogP contribution in [0, 0.1) is 11.3 Å². The lowest BCUT2D eigenvalue weighted by molar-refractivity contribution is 0.0894. The van der Waals surface area contributed by atoms with Gasteiger partial charge in [-0.05, 0) is 101 Å². The summed E-state index contributed by atoms with van der Waals surface area (Å²) in [5.74, 6) is 0.675. The number of nitrogens with one attached hydrogen (secondary N) is 3. The molecule has 0 aromatic heterocycles. The van der Waals surface area contributed by atoms with Gasteiger partial charge in [0.2, 0.25) is 0 Å². The predicted molar refractivity (Wildman–Crippen MR) is 151 cm³/mol. The van der Waals surface area contributed by atoms with Gasteiger partial charge in [0.25, 0.3) is 5.91 Å². The molecule has 1 saturated carbocycles. The Bertz CT molecular complexity index is 1110. The van der Waals surface area contributed by atoms with E-state index in [0.717, 1.165) is 64.7 Å². The molecule has 2 saturated heterocycles. The second-order valence-electron chi connectivity index (χ2n) is 10.8. The molecule has 38 heavy (non-hydrogen) atoms. The first-order chi connectivity index (χ1) is 18.6. The van der Waals surface area contributed by atoms with Gasteiger partial charge in [0.1, 0.15) is 11.8 Å². The van der Waals surface area contributed by atoms with Crippen molar-refractivity contribution in [1.29, 1.82) is 5.26 Å². The minimum atomic E-state index is -0.00956. The Labute approximate surface area is 230 Å². The third kappa shape index (κ3) is 6.99. The molecule has 3 fully saturated rings. The molecular formula is C30H38ClN5O2. The van der Waals surface area contributed by atoms with Gasteiger partial charge in [-0.3, -0.25) is 4.79 Å². The fraction of sp³-hybridized carbons (Fsp3) is 0.533. The first-order valence-corrected chi connectivity index (χ1v) is 14.4. The number of ether oxygens (including phenoxy) is 1. The Hall–Kier alpha value is -2.79. The number of carbonyl (C=O) groups is 1. The first kappa shape index (κ1) is 26.8. The van der Waals surface area contributed by atoms with E-state index in [9.17, 15) is 4.79 Å². The molecule has 0 atom stereocenters. The summed E-state index contributed by atoms with van der Waals surface area (Å²) in [5, 5.41) is 20.0. The Kier molecular flexibility index (Phi) is 9.06. The zero-order valence-corrected chi connectivity index (χ0v) is 22.7. The lowest BCUT2D eigenvalue weighted by Crippen LogP contribution is -2.49. The Morgan fingerprint density at radius 1 is 0.921 bits per heavy atom. The minimum absolute atomic E-state index is 0.00956. The normalized spacial score (nSPS) is 23.0. The second kappa shape index (κ2) is 12.8. The summed E-state index contributed by atoms with van der Waals surface area (Å²) in [7, 11) is 0. The van der Waals surface area contributed by atoms with Gasteiger partial charge in [-0.1, -0.05) is 11.6 Å². The van der Waals surface area contributed by atoms with Crippen LogP contribution in [0.3, 0.4) is 0 Å². The van der Waals surface area contributed by atoms with Gasteiger partial charge in [0, 0.05) is 48.5 Å². The van der Waals surface area contributed by atoms with E-state index in [1.54, 1.807) is 18.2 Å². The van der Waals surface area contributed by atoms with E-state index in [1.165, 1.54) is 18.5 Å². The Balaban J connectivity index is 1.04. The van der Waals surface area contributed by atoms with Crippen molar-refractivity contribution in [2.75, 3.05) is 31.1 Å². The summed E-state index contributed by atoms with van der Waals surface area (Å²) in [5.41, 5.74) is 2.35. The zero-order chi connectivity index (χ0) is 26.3. The number of benzene rings is 2. The molecule has 3 aliphatic rings. The molecule has 1 aliphatic carbocycles. The van der Waals surface area contributed by atoms with Crippen LogP contribution in [0.15, 0.2) is 42.5 Å². The highest BCUT2D eigenvalue weighted by Crippen LogP contribution is 2.28. The van der Waals surface area contributed by atoms with Crippen molar-refractivity contribution in [2.24, 2.45) is 0 Å². The minimum Gasteiger partial charge on any atom is -0.490 e. The molecular weight excluding hydrogens is 498 g/mol. The average molecular weight is 536 g/mol. The highest BCUT2D eigenvalue weighted by Gasteiger charge is 2.25. The summed E-state index contributed by atoms with van der Waals surface area (Å²) >= 11 is 6.12. The van der Waals surface area contributed by atoms with Crippen molar-refractivity contribution >= 4 is 23.2 Å². The Morgan fingerprint density at radius 3 is 2.26 bits per heavy atom. The number of anilines is 1. The highest BCUT2D eigenvalue weighted by atomic mass is 35.5. The van der Waals surface area contributed by atoms with E-state index in [2.05, 4.69) is 39.1 Å². The van der Waals surface area contributed by atoms with E-state index in [-0.39, 0.29) is 18.1 Å². The fourth-order valence-corrected chi connectivity index (χ4v) is 6.11. The number of nitriles is 1. The van der Waals surface area contributed by atoms with Crippen LogP contribution in [0.1, 0.15) is 67.3 Å². The van der Waals surface area contributed by atoms with Crippen LogP contribution in [0.2, 0.25) is 5.02 Å². The molecule has 3 N–H and O–H groups in total. The molecule has 2 aromatic rings. The number of nitrogens with zero attached hydrogens (tertiary/aromatic N) is 2. The molecule has 7 nitrogen and oxygen atoms in total. The third-order valence-corrected chi connectivity index (χ3v) is 8.49. The van der Waals surface area contributed by atoms with Gasteiger partial charge in [-0.25, -0.2) is 0 Å². The molecule has 8 heteroatoms. The smallest absolute Gasteiger partial charge is 0.251 e. The van der Waals surface area contributed by atoms with E-state index < -0.39 is 0 Å². The van der Waals surface area contributed by atoms with Crippen LogP contribution >= 0.6 is 11.6 Å². The van der Waals surface area contributed by atoms with Crippen LogP contribution in [0.4, 0.5) is 5.69 Å². The van der Waals surface area contributed by atoms with Crippen LogP contribution in [0.25, 0.3) is 0 Å².